The molecule has 1 heterocycles. The molecule has 192 valence electrons. The molecule has 0 N–H and O–H groups in total. The zero-order valence-electron chi connectivity index (χ0n) is 20.0. The van der Waals surface area contributed by atoms with E-state index < -0.39 is 11.1 Å². The Hall–Kier alpha value is -3.69. The number of carbonyl (C=O) groups is 2. The Morgan fingerprint density at radius 1 is 0.946 bits per heavy atom. The molecule has 0 atom stereocenters. The summed E-state index contributed by atoms with van der Waals surface area (Å²) in [7, 11) is 3.00. The van der Waals surface area contributed by atoms with Gasteiger partial charge in [-0.25, -0.2) is 4.39 Å². The Morgan fingerprint density at radius 2 is 1.65 bits per heavy atom. The number of rotatable bonds is 10. The van der Waals surface area contributed by atoms with Crippen molar-refractivity contribution in [3.8, 4) is 23.0 Å². The lowest BCUT2D eigenvalue weighted by molar-refractivity contribution is -0.123. The number of para-hydroxylation sites is 2. The van der Waals surface area contributed by atoms with Crippen LogP contribution < -0.4 is 18.9 Å². The summed E-state index contributed by atoms with van der Waals surface area (Å²) in [5.41, 5.74) is 1.32. The minimum atomic E-state index is -0.426. The van der Waals surface area contributed by atoms with Gasteiger partial charge in [0, 0.05) is 0 Å². The molecule has 7 nitrogen and oxygen atoms in total. The molecule has 10 heteroatoms. The first kappa shape index (κ1) is 26.4. The van der Waals surface area contributed by atoms with Crippen LogP contribution in [0.5, 0.6) is 23.0 Å². The molecule has 0 unspecified atom stereocenters. The lowest BCUT2D eigenvalue weighted by atomic mass is 10.1. The van der Waals surface area contributed by atoms with Crippen molar-refractivity contribution in [2.45, 2.75) is 6.61 Å². The molecule has 0 aliphatic carbocycles. The van der Waals surface area contributed by atoms with E-state index in [9.17, 15) is 14.0 Å². The Morgan fingerprint density at radius 3 is 2.35 bits per heavy atom. The SMILES string of the molecule is COc1ccccc1OCCN1C(=O)S/C(=C\c2cc(Cl)c(OCc3ccc(F)cc3)c(OC)c2)C1=O. The van der Waals surface area contributed by atoms with Gasteiger partial charge in [-0.1, -0.05) is 35.9 Å². The summed E-state index contributed by atoms with van der Waals surface area (Å²) >= 11 is 7.28. The Labute approximate surface area is 222 Å². The summed E-state index contributed by atoms with van der Waals surface area (Å²) in [6.07, 6.45) is 1.57. The molecular formula is C27H23ClFNO6S. The molecular weight excluding hydrogens is 521 g/mol. The smallest absolute Gasteiger partial charge is 0.293 e. The molecule has 3 aromatic rings. The minimum absolute atomic E-state index is 0.0836. The topological polar surface area (TPSA) is 74.3 Å². The summed E-state index contributed by atoms with van der Waals surface area (Å²) in [4.78, 5) is 26.8. The average molecular weight is 544 g/mol. The lowest BCUT2D eigenvalue weighted by Gasteiger charge is -2.15. The van der Waals surface area contributed by atoms with Gasteiger partial charge >= 0.3 is 0 Å². The van der Waals surface area contributed by atoms with Gasteiger partial charge < -0.3 is 18.9 Å². The number of benzene rings is 3. The van der Waals surface area contributed by atoms with Crippen molar-refractivity contribution in [2.75, 3.05) is 27.4 Å². The number of amides is 2. The summed E-state index contributed by atoms with van der Waals surface area (Å²) in [6, 6.07) is 16.3. The van der Waals surface area contributed by atoms with Gasteiger partial charge in [0.1, 0.15) is 19.0 Å². The Kier molecular flexibility index (Phi) is 8.58. The van der Waals surface area contributed by atoms with E-state index in [-0.39, 0.29) is 35.5 Å². The zero-order chi connectivity index (χ0) is 26.4. The van der Waals surface area contributed by atoms with E-state index in [4.69, 9.17) is 30.5 Å². The molecule has 1 saturated heterocycles. The molecule has 0 radical (unpaired) electrons. The molecule has 0 aromatic heterocycles. The number of ether oxygens (including phenoxy) is 4. The predicted molar refractivity (Wildman–Crippen MR) is 140 cm³/mol. The van der Waals surface area contributed by atoms with Gasteiger partial charge in [0.05, 0.1) is 30.7 Å². The van der Waals surface area contributed by atoms with Crippen molar-refractivity contribution in [1.82, 2.24) is 4.90 Å². The first-order valence-electron chi connectivity index (χ1n) is 11.2. The number of imide groups is 1. The first-order chi connectivity index (χ1) is 17.9. The van der Waals surface area contributed by atoms with E-state index in [2.05, 4.69) is 0 Å². The molecule has 4 rings (SSSR count). The lowest BCUT2D eigenvalue weighted by Crippen LogP contribution is -2.32. The van der Waals surface area contributed by atoms with Crippen LogP contribution in [0, 0.1) is 5.82 Å². The zero-order valence-corrected chi connectivity index (χ0v) is 21.6. The fraction of sp³-hybridized carbons (Fsp3) is 0.185. The van der Waals surface area contributed by atoms with Crippen molar-refractivity contribution in [3.63, 3.8) is 0 Å². The van der Waals surface area contributed by atoms with Crippen LogP contribution in [0.4, 0.5) is 9.18 Å². The van der Waals surface area contributed by atoms with Crippen molar-refractivity contribution in [3.05, 3.63) is 87.5 Å². The highest BCUT2D eigenvalue weighted by atomic mass is 35.5. The molecule has 1 aliphatic heterocycles. The maximum Gasteiger partial charge on any atom is 0.293 e. The molecule has 1 aliphatic rings. The monoisotopic (exact) mass is 543 g/mol. The number of halogens is 2. The van der Waals surface area contributed by atoms with Gasteiger partial charge in [-0.2, -0.15) is 0 Å². The quantitative estimate of drug-likeness (QED) is 0.282. The normalized spacial score (nSPS) is 14.3. The number of nitrogens with zero attached hydrogens (tertiary/aromatic N) is 1. The van der Waals surface area contributed by atoms with Crippen LogP contribution >= 0.6 is 23.4 Å². The van der Waals surface area contributed by atoms with Gasteiger partial charge in [-0.05, 0) is 65.4 Å². The van der Waals surface area contributed by atoms with E-state index in [0.717, 1.165) is 22.2 Å². The van der Waals surface area contributed by atoms with Gasteiger partial charge in [0.2, 0.25) is 0 Å². The van der Waals surface area contributed by atoms with Crippen LogP contribution in [0.3, 0.4) is 0 Å². The summed E-state index contributed by atoms with van der Waals surface area (Å²) < 4.78 is 35.3. The highest BCUT2D eigenvalue weighted by Crippen LogP contribution is 2.39. The second kappa shape index (κ2) is 12.0. The molecule has 2 amide bonds. The molecule has 0 saturated carbocycles. The Balaban J connectivity index is 1.43. The van der Waals surface area contributed by atoms with Crippen molar-refractivity contribution in [1.29, 1.82) is 0 Å². The summed E-state index contributed by atoms with van der Waals surface area (Å²) in [5.74, 6) is 0.989. The van der Waals surface area contributed by atoms with Crippen molar-refractivity contribution < 1.29 is 32.9 Å². The van der Waals surface area contributed by atoms with Crippen LogP contribution in [0.25, 0.3) is 6.08 Å². The molecule has 0 bridgehead atoms. The van der Waals surface area contributed by atoms with Crippen LogP contribution in [-0.2, 0) is 11.4 Å². The highest BCUT2D eigenvalue weighted by molar-refractivity contribution is 8.18. The van der Waals surface area contributed by atoms with Crippen LogP contribution in [0.1, 0.15) is 11.1 Å². The number of carbonyl (C=O) groups excluding carboxylic acids is 2. The third-order valence-electron chi connectivity index (χ3n) is 5.36. The standard InChI is InChI=1S/C27H23ClFNO6S/c1-33-21-5-3-4-6-22(21)35-12-11-30-26(31)24(37-27(30)32)15-18-13-20(28)25(23(14-18)34-2)36-16-17-7-9-19(29)10-8-17/h3-10,13-15H,11-12,16H2,1-2H3/b24-15-. The summed E-state index contributed by atoms with van der Waals surface area (Å²) in [5, 5.41) is -0.130. The van der Waals surface area contributed by atoms with Gasteiger partial charge in [0.15, 0.2) is 23.0 Å². The second-order valence-electron chi connectivity index (χ2n) is 7.78. The number of hydrogen-bond donors (Lipinski definition) is 0. The van der Waals surface area contributed by atoms with E-state index in [0.29, 0.717) is 28.6 Å². The van der Waals surface area contributed by atoms with E-state index >= 15 is 0 Å². The van der Waals surface area contributed by atoms with Crippen molar-refractivity contribution >= 4 is 40.6 Å². The van der Waals surface area contributed by atoms with Crippen LogP contribution in [-0.4, -0.2) is 43.4 Å². The molecule has 1 fully saturated rings. The van der Waals surface area contributed by atoms with Gasteiger partial charge in [0.25, 0.3) is 11.1 Å². The number of thioether (sulfide) groups is 1. The van der Waals surface area contributed by atoms with Crippen LogP contribution in [0.15, 0.2) is 65.6 Å². The molecule has 0 spiro atoms. The molecule has 3 aromatic carbocycles. The second-order valence-corrected chi connectivity index (χ2v) is 9.18. The number of methoxy groups -OCH3 is 2. The third-order valence-corrected chi connectivity index (χ3v) is 6.55. The maximum atomic E-state index is 13.1. The van der Waals surface area contributed by atoms with E-state index in [1.807, 2.05) is 6.07 Å². The van der Waals surface area contributed by atoms with E-state index in [1.165, 1.54) is 26.4 Å². The minimum Gasteiger partial charge on any atom is -0.493 e. The van der Waals surface area contributed by atoms with Gasteiger partial charge in [-0.3, -0.25) is 14.5 Å². The van der Waals surface area contributed by atoms with Crippen LogP contribution in [0.2, 0.25) is 5.02 Å². The summed E-state index contributed by atoms with van der Waals surface area (Å²) in [6.45, 7) is 0.358. The van der Waals surface area contributed by atoms with Crippen molar-refractivity contribution in [2.24, 2.45) is 0 Å². The maximum absolute atomic E-state index is 13.1. The molecule has 37 heavy (non-hydrogen) atoms. The fourth-order valence-corrected chi connectivity index (χ4v) is 4.67. The Bertz CT molecular complexity index is 1330. The van der Waals surface area contributed by atoms with E-state index in [1.54, 1.807) is 48.5 Å². The fourth-order valence-electron chi connectivity index (χ4n) is 3.53. The first-order valence-corrected chi connectivity index (χ1v) is 12.3. The largest absolute Gasteiger partial charge is 0.493 e. The third kappa shape index (κ3) is 6.36. The predicted octanol–water partition coefficient (Wildman–Crippen LogP) is 6.19. The number of hydrogen-bond acceptors (Lipinski definition) is 7. The average Bonchev–Trinajstić information content (AvgIpc) is 3.16. The van der Waals surface area contributed by atoms with Gasteiger partial charge in [-0.15, -0.1) is 0 Å². The highest BCUT2D eigenvalue weighted by Gasteiger charge is 2.35.